The summed E-state index contributed by atoms with van der Waals surface area (Å²) in [5.74, 6) is 0.105. The maximum absolute atomic E-state index is 12.7. The van der Waals surface area contributed by atoms with Gasteiger partial charge in [0.05, 0.1) is 5.92 Å². The van der Waals surface area contributed by atoms with Gasteiger partial charge < -0.3 is 5.32 Å². The minimum Gasteiger partial charge on any atom is -0.326 e. The SMILES string of the molecule is Cc1c(Cl)cccc1NC(=O)C1CCCN(Cc2ccc(Br)cc2)C1. The van der Waals surface area contributed by atoms with Crippen LogP contribution in [0.15, 0.2) is 46.9 Å². The predicted molar refractivity (Wildman–Crippen MR) is 107 cm³/mol. The molecule has 2 aromatic carbocycles. The Labute approximate surface area is 162 Å². The van der Waals surface area contributed by atoms with E-state index in [0.717, 1.165) is 48.2 Å². The van der Waals surface area contributed by atoms with Crippen molar-refractivity contribution in [1.29, 1.82) is 0 Å². The van der Waals surface area contributed by atoms with Gasteiger partial charge in [0.25, 0.3) is 0 Å². The number of piperidine rings is 1. The van der Waals surface area contributed by atoms with E-state index in [0.29, 0.717) is 5.02 Å². The van der Waals surface area contributed by atoms with Crippen LogP contribution in [-0.2, 0) is 11.3 Å². The number of likely N-dealkylation sites (tertiary alicyclic amines) is 1. The molecule has 0 aromatic heterocycles. The highest BCUT2D eigenvalue weighted by molar-refractivity contribution is 9.10. The molecular formula is C20H22BrClN2O. The van der Waals surface area contributed by atoms with Gasteiger partial charge in [-0.3, -0.25) is 9.69 Å². The lowest BCUT2D eigenvalue weighted by Crippen LogP contribution is -2.40. The van der Waals surface area contributed by atoms with E-state index in [4.69, 9.17) is 11.6 Å². The Hall–Kier alpha value is -1.36. The van der Waals surface area contributed by atoms with Crippen LogP contribution >= 0.6 is 27.5 Å². The van der Waals surface area contributed by atoms with Crippen molar-refractivity contribution >= 4 is 39.1 Å². The fourth-order valence-corrected chi connectivity index (χ4v) is 3.68. The number of amides is 1. The third-order valence-corrected chi connectivity index (χ3v) is 5.66. The van der Waals surface area contributed by atoms with Gasteiger partial charge in [-0.2, -0.15) is 0 Å². The van der Waals surface area contributed by atoms with Gasteiger partial charge in [-0.05, 0) is 61.7 Å². The predicted octanol–water partition coefficient (Wildman–Crippen LogP) is 5.26. The molecule has 1 saturated heterocycles. The molecule has 25 heavy (non-hydrogen) atoms. The topological polar surface area (TPSA) is 32.3 Å². The highest BCUT2D eigenvalue weighted by Crippen LogP contribution is 2.25. The van der Waals surface area contributed by atoms with Crippen LogP contribution in [0.1, 0.15) is 24.0 Å². The average Bonchev–Trinajstić information content (AvgIpc) is 2.61. The van der Waals surface area contributed by atoms with E-state index in [1.54, 1.807) is 0 Å². The monoisotopic (exact) mass is 420 g/mol. The zero-order chi connectivity index (χ0) is 17.8. The van der Waals surface area contributed by atoms with Crippen LogP contribution in [0.3, 0.4) is 0 Å². The number of halogens is 2. The van der Waals surface area contributed by atoms with Crippen molar-refractivity contribution in [2.24, 2.45) is 5.92 Å². The third-order valence-electron chi connectivity index (χ3n) is 4.72. The van der Waals surface area contributed by atoms with Gasteiger partial charge in [0, 0.05) is 28.3 Å². The highest BCUT2D eigenvalue weighted by Gasteiger charge is 2.26. The summed E-state index contributed by atoms with van der Waals surface area (Å²) in [6.45, 7) is 4.64. The Morgan fingerprint density at radius 2 is 2.04 bits per heavy atom. The second kappa shape index (κ2) is 8.35. The number of nitrogens with zero attached hydrogens (tertiary/aromatic N) is 1. The van der Waals surface area contributed by atoms with E-state index in [-0.39, 0.29) is 11.8 Å². The molecule has 1 amide bonds. The molecule has 1 heterocycles. The van der Waals surface area contributed by atoms with Crippen molar-refractivity contribution in [3.05, 3.63) is 63.1 Å². The summed E-state index contributed by atoms with van der Waals surface area (Å²) in [4.78, 5) is 15.0. The van der Waals surface area contributed by atoms with E-state index in [1.165, 1.54) is 5.56 Å². The van der Waals surface area contributed by atoms with Crippen molar-refractivity contribution in [3.63, 3.8) is 0 Å². The number of carbonyl (C=O) groups excluding carboxylic acids is 1. The molecule has 3 nitrogen and oxygen atoms in total. The van der Waals surface area contributed by atoms with E-state index < -0.39 is 0 Å². The minimum atomic E-state index is 0.0163. The van der Waals surface area contributed by atoms with Crippen LogP contribution in [0.25, 0.3) is 0 Å². The Morgan fingerprint density at radius 1 is 1.28 bits per heavy atom. The second-order valence-electron chi connectivity index (χ2n) is 6.60. The third kappa shape index (κ3) is 4.84. The zero-order valence-electron chi connectivity index (χ0n) is 14.3. The Bertz CT molecular complexity index is 748. The molecule has 1 aliphatic heterocycles. The molecule has 1 N–H and O–H groups in total. The van der Waals surface area contributed by atoms with Gasteiger partial charge >= 0.3 is 0 Å². The van der Waals surface area contributed by atoms with Crippen LogP contribution in [0.5, 0.6) is 0 Å². The summed E-state index contributed by atoms with van der Waals surface area (Å²) >= 11 is 9.61. The quantitative estimate of drug-likeness (QED) is 0.730. The number of carbonyl (C=O) groups is 1. The van der Waals surface area contributed by atoms with Crippen LogP contribution in [0, 0.1) is 12.8 Å². The fourth-order valence-electron chi connectivity index (χ4n) is 3.24. The first-order chi connectivity index (χ1) is 12.0. The number of benzene rings is 2. The first-order valence-electron chi connectivity index (χ1n) is 8.55. The zero-order valence-corrected chi connectivity index (χ0v) is 16.6. The lowest BCUT2D eigenvalue weighted by Gasteiger charge is -2.32. The first kappa shape index (κ1) is 18.4. The van der Waals surface area contributed by atoms with Crippen LogP contribution in [0.4, 0.5) is 5.69 Å². The molecule has 0 radical (unpaired) electrons. The molecule has 5 heteroatoms. The molecule has 0 aliphatic carbocycles. The molecule has 3 rings (SSSR count). The van der Waals surface area contributed by atoms with Crippen molar-refractivity contribution in [2.45, 2.75) is 26.3 Å². The van der Waals surface area contributed by atoms with Gasteiger partial charge in [-0.25, -0.2) is 0 Å². The minimum absolute atomic E-state index is 0.0163. The Balaban J connectivity index is 1.61. The van der Waals surface area contributed by atoms with E-state index in [9.17, 15) is 4.79 Å². The molecule has 0 spiro atoms. The van der Waals surface area contributed by atoms with Gasteiger partial charge in [-0.1, -0.05) is 45.7 Å². The van der Waals surface area contributed by atoms with Gasteiger partial charge in [0.1, 0.15) is 0 Å². The number of hydrogen-bond donors (Lipinski definition) is 1. The van der Waals surface area contributed by atoms with Crippen molar-refractivity contribution in [1.82, 2.24) is 4.90 Å². The average molecular weight is 422 g/mol. The lowest BCUT2D eigenvalue weighted by molar-refractivity contribution is -0.121. The van der Waals surface area contributed by atoms with E-state index >= 15 is 0 Å². The fraction of sp³-hybridized carbons (Fsp3) is 0.350. The van der Waals surface area contributed by atoms with Crippen LogP contribution in [-0.4, -0.2) is 23.9 Å². The Kier molecular flexibility index (Phi) is 6.15. The van der Waals surface area contributed by atoms with Gasteiger partial charge in [0.2, 0.25) is 5.91 Å². The highest BCUT2D eigenvalue weighted by atomic mass is 79.9. The summed E-state index contributed by atoms with van der Waals surface area (Å²) in [6, 6.07) is 14.0. The van der Waals surface area contributed by atoms with Crippen LogP contribution in [0.2, 0.25) is 5.02 Å². The summed E-state index contributed by atoms with van der Waals surface area (Å²) in [5, 5.41) is 3.74. The standard InChI is InChI=1S/C20H22BrClN2O/c1-14-18(22)5-2-6-19(14)23-20(25)16-4-3-11-24(13-16)12-15-7-9-17(21)10-8-15/h2,5-10,16H,3-4,11-13H2,1H3,(H,23,25). The normalized spacial score (nSPS) is 18.1. The molecular weight excluding hydrogens is 400 g/mol. The molecule has 0 bridgehead atoms. The van der Waals surface area contributed by atoms with E-state index in [2.05, 4.69) is 50.4 Å². The van der Waals surface area contributed by atoms with Crippen LogP contribution < -0.4 is 5.32 Å². The number of anilines is 1. The lowest BCUT2D eigenvalue weighted by atomic mass is 9.96. The largest absolute Gasteiger partial charge is 0.326 e. The number of nitrogens with one attached hydrogen (secondary N) is 1. The summed E-state index contributed by atoms with van der Waals surface area (Å²) in [7, 11) is 0. The molecule has 2 aromatic rings. The molecule has 1 unspecified atom stereocenters. The van der Waals surface area contributed by atoms with Gasteiger partial charge in [-0.15, -0.1) is 0 Å². The number of rotatable bonds is 4. The second-order valence-corrected chi connectivity index (χ2v) is 7.93. The van der Waals surface area contributed by atoms with Crippen molar-refractivity contribution in [3.8, 4) is 0 Å². The molecule has 1 fully saturated rings. The molecule has 1 atom stereocenters. The van der Waals surface area contributed by atoms with Gasteiger partial charge in [0.15, 0.2) is 0 Å². The van der Waals surface area contributed by atoms with Crippen molar-refractivity contribution < 1.29 is 4.79 Å². The molecule has 132 valence electrons. The first-order valence-corrected chi connectivity index (χ1v) is 9.73. The maximum atomic E-state index is 12.7. The number of hydrogen-bond acceptors (Lipinski definition) is 2. The Morgan fingerprint density at radius 3 is 2.80 bits per heavy atom. The summed E-state index contributed by atoms with van der Waals surface area (Å²) < 4.78 is 1.09. The summed E-state index contributed by atoms with van der Waals surface area (Å²) in [6.07, 6.45) is 1.98. The molecule has 1 aliphatic rings. The van der Waals surface area contributed by atoms with E-state index in [1.807, 2.05) is 25.1 Å². The molecule has 0 saturated carbocycles. The van der Waals surface area contributed by atoms with Crippen molar-refractivity contribution in [2.75, 3.05) is 18.4 Å². The smallest absolute Gasteiger partial charge is 0.228 e. The maximum Gasteiger partial charge on any atom is 0.228 e. The summed E-state index contributed by atoms with van der Waals surface area (Å²) in [5.41, 5.74) is 3.00.